The van der Waals surface area contributed by atoms with Crippen LogP contribution in [0.2, 0.25) is 0 Å². The Hall–Kier alpha value is -1.70. The number of rotatable bonds is 3. The first kappa shape index (κ1) is 15.5. The summed E-state index contributed by atoms with van der Waals surface area (Å²) in [5.41, 5.74) is 7.27. The molecule has 7 nitrogen and oxygen atoms in total. The fourth-order valence-electron chi connectivity index (χ4n) is 4.82. The molecule has 0 aliphatic carbocycles. The van der Waals surface area contributed by atoms with Gasteiger partial charge in [0.15, 0.2) is 0 Å². The van der Waals surface area contributed by atoms with Crippen LogP contribution in [0.1, 0.15) is 38.3 Å². The first-order chi connectivity index (χ1) is 12.3. The summed E-state index contributed by atoms with van der Waals surface area (Å²) in [6, 6.07) is 1.99. The first-order valence-electron chi connectivity index (χ1n) is 9.43. The lowest BCUT2D eigenvalue weighted by Gasteiger charge is -2.56. The first-order valence-corrected chi connectivity index (χ1v) is 9.43. The Labute approximate surface area is 147 Å². The van der Waals surface area contributed by atoms with Crippen molar-refractivity contribution in [3.05, 3.63) is 18.6 Å². The SMILES string of the molecule is Nc1ncnc2c1ccn2[C@H]1CC[C@@H](CN2CCC23CCNCC3)O1. The summed E-state index contributed by atoms with van der Waals surface area (Å²) < 4.78 is 8.51. The number of likely N-dealkylation sites (tertiary alicyclic amines) is 1. The molecule has 0 bridgehead atoms. The Morgan fingerprint density at radius 1 is 1.24 bits per heavy atom. The molecule has 3 aliphatic heterocycles. The fraction of sp³-hybridized carbons (Fsp3) is 0.667. The predicted octanol–water partition coefficient (Wildman–Crippen LogP) is 1.52. The second-order valence-corrected chi connectivity index (χ2v) is 7.68. The standard InChI is InChI=1S/C18H26N6O/c19-16-14-3-9-24(17(14)22-12-21-16)15-2-1-13(25-15)11-23-10-6-18(23)4-7-20-8-5-18/h3,9,12-13,15,20H,1-2,4-8,10-11H2,(H2,19,21,22)/t13-,15+/m0/s1. The minimum atomic E-state index is 0.0575. The molecule has 5 rings (SSSR count). The van der Waals surface area contributed by atoms with Gasteiger partial charge in [0.05, 0.1) is 11.5 Å². The summed E-state index contributed by atoms with van der Waals surface area (Å²) in [6.45, 7) is 4.59. The maximum Gasteiger partial charge on any atom is 0.147 e. The van der Waals surface area contributed by atoms with E-state index in [1.54, 1.807) is 0 Å². The third-order valence-corrected chi connectivity index (χ3v) is 6.41. The highest BCUT2D eigenvalue weighted by Gasteiger charge is 2.46. The Bertz CT molecular complexity index is 768. The third-order valence-electron chi connectivity index (χ3n) is 6.41. The molecule has 134 valence electrons. The van der Waals surface area contributed by atoms with Gasteiger partial charge in [0.25, 0.3) is 0 Å². The summed E-state index contributed by atoms with van der Waals surface area (Å²) in [6.07, 6.45) is 9.97. The lowest BCUT2D eigenvalue weighted by Crippen LogP contribution is -2.64. The highest BCUT2D eigenvalue weighted by Crippen LogP contribution is 2.40. The van der Waals surface area contributed by atoms with Crippen LogP contribution in [0.15, 0.2) is 18.6 Å². The van der Waals surface area contributed by atoms with Gasteiger partial charge in [-0.1, -0.05) is 0 Å². The molecule has 0 aromatic carbocycles. The Kier molecular flexibility index (Phi) is 3.69. The number of nitrogens with zero attached hydrogens (tertiary/aromatic N) is 4. The minimum absolute atomic E-state index is 0.0575. The van der Waals surface area contributed by atoms with Crippen molar-refractivity contribution < 1.29 is 4.74 Å². The maximum absolute atomic E-state index is 6.40. The number of hydrogen-bond acceptors (Lipinski definition) is 6. The van der Waals surface area contributed by atoms with Crippen LogP contribution in [0.4, 0.5) is 5.82 Å². The number of ether oxygens (including phenoxy) is 1. The average Bonchev–Trinajstić information content (AvgIpc) is 3.27. The molecule has 7 heteroatoms. The normalized spacial score (nSPS) is 29.3. The van der Waals surface area contributed by atoms with Gasteiger partial charge in [0.1, 0.15) is 24.0 Å². The van der Waals surface area contributed by atoms with Crippen molar-refractivity contribution in [1.29, 1.82) is 0 Å². The van der Waals surface area contributed by atoms with Crippen LogP contribution in [-0.2, 0) is 4.74 Å². The molecule has 2 aromatic heterocycles. The van der Waals surface area contributed by atoms with Gasteiger partial charge in [-0.3, -0.25) is 4.90 Å². The van der Waals surface area contributed by atoms with Gasteiger partial charge in [-0.2, -0.15) is 0 Å². The fourth-order valence-corrected chi connectivity index (χ4v) is 4.82. The third kappa shape index (κ3) is 2.53. The van der Waals surface area contributed by atoms with E-state index < -0.39 is 0 Å². The van der Waals surface area contributed by atoms with Crippen LogP contribution >= 0.6 is 0 Å². The molecule has 0 amide bonds. The molecule has 2 aromatic rings. The second-order valence-electron chi connectivity index (χ2n) is 7.68. The van der Waals surface area contributed by atoms with E-state index in [0.717, 1.165) is 43.5 Å². The van der Waals surface area contributed by atoms with Crippen LogP contribution in [0, 0.1) is 0 Å². The topological polar surface area (TPSA) is 81.2 Å². The van der Waals surface area contributed by atoms with Crippen molar-refractivity contribution in [2.45, 2.75) is 50.0 Å². The van der Waals surface area contributed by atoms with E-state index in [4.69, 9.17) is 10.5 Å². The van der Waals surface area contributed by atoms with Gasteiger partial charge in [-0.05, 0) is 51.3 Å². The number of hydrogen-bond donors (Lipinski definition) is 2. The molecule has 0 saturated carbocycles. The monoisotopic (exact) mass is 342 g/mol. The summed E-state index contributed by atoms with van der Waals surface area (Å²) in [4.78, 5) is 11.1. The highest BCUT2D eigenvalue weighted by molar-refractivity contribution is 5.86. The van der Waals surface area contributed by atoms with Gasteiger partial charge < -0.3 is 20.4 Å². The summed E-state index contributed by atoms with van der Waals surface area (Å²) >= 11 is 0. The second kappa shape index (κ2) is 5.93. The molecule has 3 N–H and O–H groups in total. The maximum atomic E-state index is 6.40. The van der Waals surface area contributed by atoms with E-state index in [1.807, 2.05) is 12.3 Å². The zero-order chi connectivity index (χ0) is 16.9. The largest absolute Gasteiger partial charge is 0.383 e. The molecule has 3 fully saturated rings. The Morgan fingerprint density at radius 3 is 2.92 bits per heavy atom. The van der Waals surface area contributed by atoms with E-state index in [9.17, 15) is 0 Å². The van der Waals surface area contributed by atoms with Crippen LogP contribution in [0.3, 0.4) is 0 Å². The molecular weight excluding hydrogens is 316 g/mol. The van der Waals surface area contributed by atoms with E-state index in [-0.39, 0.29) is 6.23 Å². The molecule has 0 unspecified atom stereocenters. The van der Waals surface area contributed by atoms with Crippen LogP contribution in [-0.4, -0.2) is 57.3 Å². The molecular formula is C18H26N6O. The molecule has 0 radical (unpaired) electrons. The van der Waals surface area contributed by atoms with Gasteiger partial charge in [-0.25, -0.2) is 9.97 Å². The van der Waals surface area contributed by atoms with Crippen LogP contribution in [0.5, 0.6) is 0 Å². The van der Waals surface area contributed by atoms with Crippen molar-refractivity contribution in [2.75, 3.05) is 31.9 Å². The summed E-state index contributed by atoms with van der Waals surface area (Å²) in [7, 11) is 0. The van der Waals surface area contributed by atoms with Crippen molar-refractivity contribution in [1.82, 2.24) is 24.8 Å². The number of piperidine rings is 1. The van der Waals surface area contributed by atoms with Crippen LogP contribution in [0.25, 0.3) is 11.0 Å². The lowest BCUT2D eigenvalue weighted by molar-refractivity contribution is -0.0828. The van der Waals surface area contributed by atoms with Crippen molar-refractivity contribution in [3.8, 4) is 0 Å². The van der Waals surface area contributed by atoms with Crippen molar-refractivity contribution >= 4 is 16.9 Å². The lowest BCUT2D eigenvalue weighted by atomic mass is 9.76. The van der Waals surface area contributed by atoms with Crippen LogP contribution < -0.4 is 11.1 Å². The predicted molar refractivity (Wildman–Crippen MR) is 96.1 cm³/mol. The van der Waals surface area contributed by atoms with E-state index in [1.165, 1.54) is 32.1 Å². The van der Waals surface area contributed by atoms with Gasteiger partial charge in [0.2, 0.25) is 0 Å². The zero-order valence-corrected chi connectivity index (χ0v) is 14.5. The molecule has 2 atom stereocenters. The van der Waals surface area contributed by atoms with Crippen molar-refractivity contribution in [2.24, 2.45) is 0 Å². The molecule has 25 heavy (non-hydrogen) atoms. The number of nitrogens with two attached hydrogens (primary N) is 1. The van der Waals surface area contributed by atoms with E-state index in [0.29, 0.717) is 17.5 Å². The van der Waals surface area contributed by atoms with E-state index in [2.05, 4.69) is 24.8 Å². The Morgan fingerprint density at radius 2 is 2.12 bits per heavy atom. The van der Waals surface area contributed by atoms with Gasteiger partial charge in [0, 0.05) is 24.8 Å². The van der Waals surface area contributed by atoms with Gasteiger partial charge in [-0.15, -0.1) is 0 Å². The Balaban J connectivity index is 1.27. The van der Waals surface area contributed by atoms with Crippen molar-refractivity contribution in [3.63, 3.8) is 0 Å². The van der Waals surface area contributed by atoms with E-state index >= 15 is 0 Å². The van der Waals surface area contributed by atoms with Gasteiger partial charge >= 0.3 is 0 Å². The quantitative estimate of drug-likeness (QED) is 0.880. The highest BCUT2D eigenvalue weighted by atomic mass is 16.5. The average molecular weight is 342 g/mol. The smallest absolute Gasteiger partial charge is 0.147 e. The molecule has 5 heterocycles. The molecule has 1 spiro atoms. The summed E-state index contributed by atoms with van der Waals surface area (Å²) in [5.74, 6) is 0.534. The number of fused-ring (bicyclic) bond motifs is 1. The number of nitrogen functional groups attached to an aromatic ring is 1. The summed E-state index contributed by atoms with van der Waals surface area (Å²) in [5, 5.41) is 4.39. The molecule has 3 aliphatic rings. The number of aromatic nitrogens is 3. The molecule has 3 saturated heterocycles. The number of nitrogens with one attached hydrogen (secondary N) is 1. The zero-order valence-electron chi connectivity index (χ0n) is 14.5. The minimum Gasteiger partial charge on any atom is -0.383 e. The number of anilines is 1.